The zero-order valence-corrected chi connectivity index (χ0v) is 14.5. The van der Waals surface area contributed by atoms with Gasteiger partial charge in [0.15, 0.2) is 0 Å². The van der Waals surface area contributed by atoms with Crippen LogP contribution in [-0.2, 0) is 9.47 Å². The van der Waals surface area contributed by atoms with E-state index >= 15 is 0 Å². The number of ether oxygens (including phenoxy) is 3. The van der Waals surface area contributed by atoms with Crippen molar-refractivity contribution in [2.75, 3.05) is 28.1 Å². The molecule has 1 aliphatic heterocycles. The summed E-state index contributed by atoms with van der Waals surface area (Å²) in [5.74, 6) is 0.889. The van der Waals surface area contributed by atoms with Crippen LogP contribution in [0.3, 0.4) is 0 Å². The van der Waals surface area contributed by atoms with E-state index in [1.165, 1.54) is 5.56 Å². The summed E-state index contributed by atoms with van der Waals surface area (Å²) < 4.78 is 16.5. The van der Waals surface area contributed by atoms with Crippen LogP contribution in [0.1, 0.15) is 18.5 Å². The van der Waals surface area contributed by atoms with Crippen LogP contribution < -0.4 is 4.74 Å². The first-order valence-corrected chi connectivity index (χ1v) is 7.95. The van der Waals surface area contributed by atoms with E-state index in [2.05, 4.69) is 53.6 Å². The number of halogens is 1. The summed E-state index contributed by atoms with van der Waals surface area (Å²) in [5, 5.41) is 0. The molecule has 1 aromatic rings. The third kappa shape index (κ3) is 3.10. The second kappa shape index (κ2) is 7.06. The molecule has 4 atom stereocenters. The molecule has 0 aromatic heterocycles. The Hall–Kier alpha value is -0.370. The Morgan fingerprint density at radius 3 is 2.40 bits per heavy atom. The van der Waals surface area contributed by atoms with Crippen LogP contribution >= 0.6 is 22.6 Å². The zero-order valence-electron chi connectivity index (χ0n) is 12.4. The van der Waals surface area contributed by atoms with Crippen molar-refractivity contribution in [2.24, 2.45) is 0 Å². The SMILES string of the molecule is COCO[C@H]1[C@H](I)[C@@H](c2ccc(OC)cc2)N(C)[C@@H]1C. The van der Waals surface area contributed by atoms with Crippen molar-refractivity contribution in [3.8, 4) is 5.75 Å². The second-order valence-electron chi connectivity index (χ2n) is 5.11. The second-order valence-corrected chi connectivity index (χ2v) is 6.54. The topological polar surface area (TPSA) is 30.9 Å². The number of likely N-dealkylation sites (tertiary alicyclic amines) is 1. The minimum absolute atomic E-state index is 0.174. The first kappa shape index (κ1) is 16.0. The van der Waals surface area contributed by atoms with Crippen LogP contribution in [0.4, 0.5) is 0 Å². The van der Waals surface area contributed by atoms with E-state index in [0.717, 1.165) is 5.75 Å². The van der Waals surface area contributed by atoms with Crippen molar-refractivity contribution in [1.82, 2.24) is 4.90 Å². The van der Waals surface area contributed by atoms with Gasteiger partial charge in [-0.25, -0.2) is 0 Å². The van der Waals surface area contributed by atoms with Crippen LogP contribution in [0.25, 0.3) is 0 Å². The first-order chi connectivity index (χ1) is 9.60. The van der Waals surface area contributed by atoms with Crippen LogP contribution in [0, 0.1) is 0 Å². The molecule has 0 aliphatic carbocycles. The fourth-order valence-electron chi connectivity index (χ4n) is 2.75. The molecular weight excluding hydrogens is 369 g/mol. The van der Waals surface area contributed by atoms with Gasteiger partial charge >= 0.3 is 0 Å². The van der Waals surface area contributed by atoms with Crippen molar-refractivity contribution < 1.29 is 14.2 Å². The molecule has 1 aliphatic rings. The van der Waals surface area contributed by atoms with Crippen molar-refractivity contribution in [2.45, 2.75) is 29.0 Å². The first-order valence-electron chi connectivity index (χ1n) is 6.70. The molecule has 20 heavy (non-hydrogen) atoms. The maximum atomic E-state index is 5.85. The van der Waals surface area contributed by atoms with Gasteiger partial charge in [-0.2, -0.15) is 0 Å². The Bertz CT molecular complexity index is 426. The number of hydrogen-bond donors (Lipinski definition) is 0. The van der Waals surface area contributed by atoms with E-state index in [1.54, 1.807) is 14.2 Å². The molecule has 1 fully saturated rings. The standard InChI is InChI=1S/C15H22INO3/c1-10-15(20-9-18-3)13(16)14(17(10)2)11-5-7-12(19-4)8-6-11/h5-8,10,13-15H,9H2,1-4H3/t10-,13-,14-,15-/m1/s1. The predicted molar refractivity (Wildman–Crippen MR) is 87.5 cm³/mol. The van der Waals surface area contributed by atoms with Crippen molar-refractivity contribution in [3.63, 3.8) is 0 Å². The van der Waals surface area contributed by atoms with Crippen LogP contribution in [0.2, 0.25) is 0 Å². The number of alkyl halides is 1. The molecule has 0 radical (unpaired) electrons. The summed E-state index contributed by atoms with van der Waals surface area (Å²) >= 11 is 2.49. The Labute approximate surface area is 134 Å². The summed E-state index contributed by atoms with van der Waals surface area (Å²) in [6.45, 7) is 2.55. The van der Waals surface area contributed by atoms with Crippen LogP contribution in [0.5, 0.6) is 5.75 Å². The molecular formula is C15H22INO3. The minimum atomic E-state index is 0.174. The summed E-state index contributed by atoms with van der Waals surface area (Å²) in [4.78, 5) is 2.37. The normalized spacial score (nSPS) is 30.6. The van der Waals surface area contributed by atoms with E-state index in [4.69, 9.17) is 14.2 Å². The maximum absolute atomic E-state index is 5.85. The molecule has 2 rings (SSSR count). The number of benzene rings is 1. The summed E-state index contributed by atoms with van der Waals surface area (Å²) in [6.07, 6.45) is 0.174. The fourth-order valence-corrected chi connectivity index (χ4v) is 4.48. The van der Waals surface area contributed by atoms with E-state index in [1.807, 2.05) is 12.1 Å². The molecule has 5 heteroatoms. The van der Waals surface area contributed by atoms with E-state index in [9.17, 15) is 0 Å². The lowest BCUT2D eigenvalue weighted by molar-refractivity contribution is -0.0750. The van der Waals surface area contributed by atoms with Gasteiger partial charge < -0.3 is 14.2 Å². The number of rotatable bonds is 5. The van der Waals surface area contributed by atoms with Gasteiger partial charge in [0, 0.05) is 19.2 Å². The van der Waals surface area contributed by atoms with Crippen molar-refractivity contribution in [1.29, 1.82) is 0 Å². The average Bonchev–Trinajstić information content (AvgIpc) is 2.68. The number of likely N-dealkylation sites (N-methyl/N-ethyl adjacent to an activating group) is 1. The highest BCUT2D eigenvalue weighted by molar-refractivity contribution is 14.1. The monoisotopic (exact) mass is 391 g/mol. The predicted octanol–water partition coefficient (Wildman–Crippen LogP) is 2.86. The van der Waals surface area contributed by atoms with Gasteiger partial charge in [-0.3, -0.25) is 4.90 Å². The summed E-state index contributed by atoms with van der Waals surface area (Å²) in [6, 6.07) is 9.01. The lowest BCUT2D eigenvalue weighted by atomic mass is 10.0. The Balaban J connectivity index is 2.17. The lowest BCUT2D eigenvalue weighted by Crippen LogP contribution is -2.32. The Morgan fingerprint density at radius 2 is 1.85 bits per heavy atom. The number of hydrogen-bond acceptors (Lipinski definition) is 4. The van der Waals surface area contributed by atoms with E-state index in [-0.39, 0.29) is 6.10 Å². The van der Waals surface area contributed by atoms with Crippen LogP contribution in [-0.4, -0.2) is 49.0 Å². The molecule has 1 aromatic carbocycles. The highest BCUT2D eigenvalue weighted by Gasteiger charge is 2.45. The largest absolute Gasteiger partial charge is 0.497 e. The smallest absolute Gasteiger partial charge is 0.146 e. The van der Waals surface area contributed by atoms with Gasteiger partial charge in [0.05, 0.1) is 17.1 Å². The molecule has 1 saturated heterocycles. The van der Waals surface area contributed by atoms with Gasteiger partial charge in [0.2, 0.25) is 0 Å². The van der Waals surface area contributed by atoms with Crippen molar-refractivity contribution in [3.05, 3.63) is 29.8 Å². The van der Waals surface area contributed by atoms with Gasteiger partial charge in [0.1, 0.15) is 12.5 Å². The summed E-state index contributed by atoms with van der Waals surface area (Å²) in [5.41, 5.74) is 1.29. The van der Waals surface area contributed by atoms with E-state index in [0.29, 0.717) is 22.8 Å². The zero-order chi connectivity index (χ0) is 14.7. The fraction of sp³-hybridized carbons (Fsp3) is 0.600. The highest BCUT2D eigenvalue weighted by atomic mass is 127. The number of nitrogens with zero attached hydrogens (tertiary/aromatic N) is 1. The average molecular weight is 391 g/mol. The molecule has 112 valence electrons. The molecule has 0 amide bonds. The molecule has 4 nitrogen and oxygen atoms in total. The third-order valence-electron chi connectivity index (χ3n) is 4.01. The lowest BCUT2D eigenvalue weighted by Gasteiger charge is -2.24. The minimum Gasteiger partial charge on any atom is -0.497 e. The van der Waals surface area contributed by atoms with Gasteiger partial charge in [-0.1, -0.05) is 34.7 Å². The Kier molecular flexibility index (Phi) is 5.65. The van der Waals surface area contributed by atoms with Gasteiger partial charge in [0.25, 0.3) is 0 Å². The molecule has 1 heterocycles. The molecule has 0 bridgehead atoms. The van der Waals surface area contributed by atoms with E-state index < -0.39 is 0 Å². The highest BCUT2D eigenvalue weighted by Crippen LogP contribution is 2.41. The van der Waals surface area contributed by atoms with Gasteiger partial charge in [-0.15, -0.1) is 0 Å². The molecule has 0 spiro atoms. The molecule has 0 saturated carbocycles. The third-order valence-corrected chi connectivity index (χ3v) is 5.40. The van der Waals surface area contributed by atoms with Gasteiger partial charge in [-0.05, 0) is 31.7 Å². The van der Waals surface area contributed by atoms with Crippen LogP contribution in [0.15, 0.2) is 24.3 Å². The Morgan fingerprint density at radius 1 is 1.20 bits per heavy atom. The summed E-state index contributed by atoms with van der Waals surface area (Å²) in [7, 11) is 5.50. The van der Waals surface area contributed by atoms with Crippen molar-refractivity contribution >= 4 is 22.6 Å². The maximum Gasteiger partial charge on any atom is 0.146 e. The molecule has 0 N–H and O–H groups in total. The number of methoxy groups -OCH3 is 2. The quantitative estimate of drug-likeness (QED) is 0.439. The molecule has 0 unspecified atom stereocenters.